The number of carbonyl (C=O) groups excluding carboxylic acids is 3. The molecule has 7 nitrogen and oxygen atoms in total. The molecular weight excluding hydrogens is 424 g/mol. The molecule has 0 unspecified atom stereocenters. The van der Waals surface area contributed by atoms with Gasteiger partial charge in [0.1, 0.15) is 10.8 Å². The van der Waals surface area contributed by atoms with Crippen LogP contribution in [0.15, 0.2) is 29.2 Å². The Labute approximate surface area is 183 Å². The molecule has 160 valence electrons. The van der Waals surface area contributed by atoms with Crippen LogP contribution < -0.4 is 15.4 Å². The Morgan fingerprint density at radius 1 is 1.07 bits per heavy atom. The van der Waals surface area contributed by atoms with Gasteiger partial charge in [0.05, 0.1) is 25.5 Å². The van der Waals surface area contributed by atoms with Gasteiger partial charge in [0.15, 0.2) is 0 Å². The number of anilines is 1. The number of carbonyl (C=O) groups is 3. The van der Waals surface area contributed by atoms with Gasteiger partial charge in [0, 0.05) is 9.77 Å². The first-order chi connectivity index (χ1) is 14.5. The maximum Gasteiger partial charge on any atom is 0.413 e. The van der Waals surface area contributed by atoms with E-state index >= 15 is 0 Å². The zero-order chi connectivity index (χ0) is 21.5. The first-order valence-corrected chi connectivity index (χ1v) is 11.4. The standard InChI is InChI=1S/C21H24N2O5S2/c1-27-13-8-10-14(11-9-13)29-12-17(24)22-20-18(19(25)23-21(26)28-2)15-6-4-3-5-7-16(15)30-20/h8-11H,3-7,12H2,1-2H3,(H,22,24)(H,23,25,26). The Morgan fingerprint density at radius 3 is 2.50 bits per heavy atom. The topological polar surface area (TPSA) is 93.7 Å². The van der Waals surface area contributed by atoms with E-state index in [1.807, 2.05) is 24.3 Å². The summed E-state index contributed by atoms with van der Waals surface area (Å²) in [5.41, 5.74) is 1.31. The highest BCUT2D eigenvalue weighted by molar-refractivity contribution is 8.00. The SMILES string of the molecule is COC(=O)NC(=O)c1c(NC(=O)CSc2ccc(OC)cc2)sc2c1CCCCC2. The number of nitrogens with one attached hydrogen (secondary N) is 2. The molecule has 1 aromatic heterocycles. The number of benzene rings is 1. The van der Waals surface area contributed by atoms with Gasteiger partial charge in [-0.05, 0) is 55.5 Å². The highest BCUT2D eigenvalue weighted by Crippen LogP contribution is 2.37. The molecule has 0 atom stereocenters. The maximum absolute atomic E-state index is 12.7. The number of amides is 3. The van der Waals surface area contributed by atoms with Crippen LogP contribution in [0.25, 0.3) is 0 Å². The number of thioether (sulfide) groups is 1. The van der Waals surface area contributed by atoms with Crippen LogP contribution in [0.2, 0.25) is 0 Å². The number of alkyl carbamates (subject to hydrolysis) is 1. The van der Waals surface area contributed by atoms with Gasteiger partial charge in [0.2, 0.25) is 5.91 Å². The first kappa shape index (κ1) is 22.2. The van der Waals surface area contributed by atoms with Crippen molar-refractivity contribution in [2.75, 3.05) is 25.3 Å². The van der Waals surface area contributed by atoms with E-state index in [1.165, 1.54) is 30.2 Å². The van der Waals surface area contributed by atoms with Gasteiger partial charge >= 0.3 is 6.09 Å². The van der Waals surface area contributed by atoms with Gasteiger partial charge in [-0.1, -0.05) is 6.42 Å². The van der Waals surface area contributed by atoms with Crippen molar-refractivity contribution in [1.82, 2.24) is 5.32 Å². The Hall–Kier alpha value is -2.52. The molecule has 2 N–H and O–H groups in total. The average Bonchev–Trinajstić information content (AvgIpc) is 2.92. The molecule has 1 heterocycles. The maximum atomic E-state index is 12.7. The van der Waals surface area contributed by atoms with Crippen LogP contribution in [-0.2, 0) is 22.4 Å². The molecule has 30 heavy (non-hydrogen) atoms. The number of hydrogen-bond donors (Lipinski definition) is 2. The van der Waals surface area contributed by atoms with Gasteiger partial charge in [-0.15, -0.1) is 23.1 Å². The summed E-state index contributed by atoms with van der Waals surface area (Å²) in [6.45, 7) is 0. The van der Waals surface area contributed by atoms with Crippen LogP contribution in [0.3, 0.4) is 0 Å². The minimum Gasteiger partial charge on any atom is -0.497 e. The van der Waals surface area contributed by atoms with E-state index in [0.29, 0.717) is 10.6 Å². The van der Waals surface area contributed by atoms with E-state index in [4.69, 9.17) is 4.74 Å². The van der Waals surface area contributed by atoms with E-state index in [1.54, 1.807) is 7.11 Å². The van der Waals surface area contributed by atoms with Gasteiger partial charge in [-0.2, -0.15) is 0 Å². The molecule has 0 spiro atoms. The third-order valence-corrected chi connectivity index (χ3v) is 6.95. The molecule has 0 saturated heterocycles. The highest BCUT2D eigenvalue weighted by atomic mass is 32.2. The van der Waals surface area contributed by atoms with E-state index in [0.717, 1.165) is 53.2 Å². The number of ether oxygens (including phenoxy) is 2. The molecule has 9 heteroatoms. The van der Waals surface area contributed by atoms with Crippen molar-refractivity contribution in [1.29, 1.82) is 0 Å². The predicted molar refractivity (Wildman–Crippen MR) is 118 cm³/mol. The number of fused-ring (bicyclic) bond motifs is 1. The molecule has 2 aromatic rings. The Bertz CT molecular complexity index is 924. The molecule has 1 aliphatic carbocycles. The third-order valence-electron chi connectivity index (χ3n) is 4.73. The van der Waals surface area contributed by atoms with Crippen molar-refractivity contribution >= 4 is 46.0 Å². The number of rotatable bonds is 6. The lowest BCUT2D eigenvalue weighted by Crippen LogP contribution is -2.31. The fourth-order valence-electron chi connectivity index (χ4n) is 3.26. The number of hydrogen-bond acceptors (Lipinski definition) is 7. The highest BCUT2D eigenvalue weighted by Gasteiger charge is 2.26. The second-order valence-corrected chi connectivity index (χ2v) is 8.88. The summed E-state index contributed by atoms with van der Waals surface area (Å²) in [7, 11) is 2.81. The molecule has 1 aliphatic rings. The summed E-state index contributed by atoms with van der Waals surface area (Å²) in [6.07, 6.45) is 3.93. The Balaban J connectivity index is 1.74. The molecule has 0 fully saturated rings. The number of imide groups is 1. The lowest BCUT2D eigenvalue weighted by Gasteiger charge is -2.09. The van der Waals surface area contributed by atoms with Gasteiger partial charge in [-0.25, -0.2) is 4.79 Å². The van der Waals surface area contributed by atoms with E-state index in [9.17, 15) is 14.4 Å². The van der Waals surface area contributed by atoms with Crippen LogP contribution in [0.5, 0.6) is 5.75 Å². The largest absolute Gasteiger partial charge is 0.497 e. The molecule has 0 bridgehead atoms. The van der Waals surface area contributed by atoms with E-state index in [2.05, 4.69) is 15.4 Å². The van der Waals surface area contributed by atoms with Crippen LogP contribution in [-0.4, -0.2) is 37.9 Å². The van der Waals surface area contributed by atoms with Crippen LogP contribution in [0.4, 0.5) is 9.80 Å². The lowest BCUT2D eigenvalue weighted by molar-refractivity contribution is -0.113. The fourth-order valence-corrected chi connectivity index (χ4v) is 5.26. The minimum absolute atomic E-state index is 0.201. The molecule has 0 radical (unpaired) electrons. The van der Waals surface area contributed by atoms with E-state index in [-0.39, 0.29) is 11.7 Å². The summed E-state index contributed by atoms with van der Waals surface area (Å²) in [5.74, 6) is 0.205. The molecule has 0 saturated carbocycles. The van der Waals surface area contributed by atoms with Gasteiger partial charge in [-0.3, -0.25) is 14.9 Å². The van der Waals surface area contributed by atoms with Crippen LogP contribution >= 0.6 is 23.1 Å². The van der Waals surface area contributed by atoms with Crippen molar-refractivity contribution in [3.05, 3.63) is 40.3 Å². The summed E-state index contributed by atoms with van der Waals surface area (Å²) >= 11 is 2.82. The van der Waals surface area contributed by atoms with Gasteiger partial charge in [0.25, 0.3) is 5.91 Å². The molecular formula is C21H24N2O5S2. The molecule has 3 rings (SSSR count). The molecule has 1 aromatic carbocycles. The van der Waals surface area contributed by atoms with Crippen molar-refractivity contribution in [2.45, 2.75) is 37.0 Å². The number of methoxy groups -OCH3 is 2. The van der Waals surface area contributed by atoms with Crippen molar-refractivity contribution < 1.29 is 23.9 Å². The summed E-state index contributed by atoms with van der Waals surface area (Å²) < 4.78 is 9.68. The Kier molecular flexibility index (Phi) is 7.75. The molecule has 3 amide bonds. The minimum atomic E-state index is -0.819. The number of thiophene rings is 1. The third kappa shape index (κ3) is 5.54. The summed E-state index contributed by atoms with van der Waals surface area (Å²) in [5, 5.41) is 5.59. The first-order valence-electron chi connectivity index (χ1n) is 9.62. The second-order valence-electron chi connectivity index (χ2n) is 6.73. The van der Waals surface area contributed by atoms with Crippen LogP contribution in [0, 0.1) is 0 Å². The van der Waals surface area contributed by atoms with Crippen molar-refractivity contribution in [2.24, 2.45) is 0 Å². The monoisotopic (exact) mass is 448 g/mol. The Morgan fingerprint density at radius 2 is 1.80 bits per heavy atom. The van der Waals surface area contributed by atoms with Crippen molar-refractivity contribution in [3.8, 4) is 5.75 Å². The lowest BCUT2D eigenvalue weighted by atomic mass is 10.0. The quantitative estimate of drug-likeness (QED) is 0.507. The predicted octanol–water partition coefficient (Wildman–Crippen LogP) is 4.25. The second kappa shape index (κ2) is 10.5. The smallest absolute Gasteiger partial charge is 0.413 e. The normalized spacial score (nSPS) is 13.0. The summed E-state index contributed by atoms with van der Waals surface area (Å²) in [4.78, 5) is 38.9. The van der Waals surface area contributed by atoms with E-state index < -0.39 is 12.0 Å². The molecule has 0 aliphatic heterocycles. The summed E-state index contributed by atoms with van der Waals surface area (Å²) in [6, 6.07) is 7.45. The number of aryl methyl sites for hydroxylation is 1. The zero-order valence-corrected chi connectivity index (χ0v) is 18.5. The van der Waals surface area contributed by atoms with Gasteiger partial charge < -0.3 is 14.8 Å². The van der Waals surface area contributed by atoms with Crippen molar-refractivity contribution in [3.63, 3.8) is 0 Å². The fraction of sp³-hybridized carbons (Fsp3) is 0.381. The van der Waals surface area contributed by atoms with Crippen LogP contribution in [0.1, 0.15) is 40.1 Å². The zero-order valence-electron chi connectivity index (χ0n) is 16.9. The average molecular weight is 449 g/mol.